The van der Waals surface area contributed by atoms with Crippen LogP contribution in [0.3, 0.4) is 0 Å². The number of benzene rings is 1. The quantitative estimate of drug-likeness (QED) is 0.819. The third-order valence-corrected chi connectivity index (χ3v) is 2.96. The molecule has 17 heavy (non-hydrogen) atoms. The summed E-state index contributed by atoms with van der Waals surface area (Å²) in [5.41, 5.74) is 8.28. The van der Waals surface area contributed by atoms with E-state index in [4.69, 9.17) is 5.73 Å². The van der Waals surface area contributed by atoms with E-state index in [9.17, 15) is 0 Å². The van der Waals surface area contributed by atoms with E-state index in [1.165, 1.54) is 17.7 Å². The molecule has 0 aliphatic carbocycles. The van der Waals surface area contributed by atoms with Crippen LogP contribution in [0.1, 0.15) is 24.9 Å². The Bertz CT molecular complexity index is 317. The van der Waals surface area contributed by atoms with Crippen molar-refractivity contribution < 1.29 is 0 Å². The molecular formula is C14H25N3. The maximum Gasteiger partial charge on any atom is 0.0363 e. The van der Waals surface area contributed by atoms with Crippen molar-refractivity contribution in [3.05, 3.63) is 29.8 Å². The summed E-state index contributed by atoms with van der Waals surface area (Å²) in [4.78, 5) is 4.50. The molecule has 0 saturated heterocycles. The first kappa shape index (κ1) is 14.0. The minimum Gasteiger partial charge on any atom is -0.375 e. The van der Waals surface area contributed by atoms with Crippen LogP contribution in [-0.2, 0) is 0 Å². The van der Waals surface area contributed by atoms with Crippen molar-refractivity contribution in [2.75, 3.05) is 39.1 Å². The normalized spacial score (nSPS) is 12.8. The zero-order valence-electron chi connectivity index (χ0n) is 11.5. The molecule has 0 fully saturated rings. The molecule has 0 heterocycles. The van der Waals surface area contributed by atoms with Crippen LogP contribution in [0.15, 0.2) is 24.3 Å². The zero-order valence-corrected chi connectivity index (χ0v) is 11.5. The summed E-state index contributed by atoms with van der Waals surface area (Å²) < 4.78 is 0. The van der Waals surface area contributed by atoms with E-state index in [2.05, 4.69) is 55.2 Å². The van der Waals surface area contributed by atoms with Crippen LogP contribution < -0.4 is 10.6 Å². The Morgan fingerprint density at radius 1 is 1.06 bits per heavy atom. The lowest BCUT2D eigenvalue weighted by Crippen LogP contribution is -2.23. The van der Waals surface area contributed by atoms with Crippen molar-refractivity contribution in [1.82, 2.24) is 4.90 Å². The van der Waals surface area contributed by atoms with Crippen LogP contribution in [0.4, 0.5) is 5.69 Å². The zero-order chi connectivity index (χ0) is 12.8. The van der Waals surface area contributed by atoms with Gasteiger partial charge in [-0.15, -0.1) is 0 Å². The Labute approximate surface area is 105 Å². The maximum absolute atomic E-state index is 5.83. The second-order valence-corrected chi connectivity index (χ2v) is 4.96. The van der Waals surface area contributed by atoms with Crippen LogP contribution in [0.5, 0.6) is 0 Å². The van der Waals surface area contributed by atoms with Gasteiger partial charge in [0.2, 0.25) is 0 Å². The van der Waals surface area contributed by atoms with Crippen LogP contribution >= 0.6 is 0 Å². The topological polar surface area (TPSA) is 32.5 Å². The molecule has 1 aromatic rings. The molecule has 0 aromatic heterocycles. The SMILES string of the molecule is C[C@H](N)c1ccc(N(C)CCCN(C)C)cc1. The molecule has 0 spiro atoms. The van der Waals surface area contributed by atoms with Crippen molar-refractivity contribution in [1.29, 1.82) is 0 Å². The van der Waals surface area contributed by atoms with E-state index in [0.29, 0.717) is 0 Å². The van der Waals surface area contributed by atoms with Crippen molar-refractivity contribution in [2.24, 2.45) is 5.73 Å². The third-order valence-electron chi connectivity index (χ3n) is 2.96. The molecule has 0 aliphatic rings. The highest BCUT2D eigenvalue weighted by atomic mass is 15.1. The number of nitrogens with zero attached hydrogens (tertiary/aromatic N) is 2. The highest BCUT2D eigenvalue weighted by Gasteiger charge is 2.03. The van der Waals surface area contributed by atoms with Crippen molar-refractivity contribution in [2.45, 2.75) is 19.4 Å². The molecule has 0 aliphatic heterocycles. The predicted octanol–water partition coefficient (Wildman–Crippen LogP) is 2.09. The summed E-state index contributed by atoms with van der Waals surface area (Å²) in [6.07, 6.45) is 1.18. The average molecular weight is 235 g/mol. The van der Waals surface area contributed by atoms with E-state index in [1.807, 2.05) is 6.92 Å². The molecule has 1 atom stereocenters. The van der Waals surface area contributed by atoms with Gasteiger partial charge in [-0.25, -0.2) is 0 Å². The monoisotopic (exact) mass is 235 g/mol. The first-order valence-electron chi connectivity index (χ1n) is 6.22. The Morgan fingerprint density at radius 3 is 2.12 bits per heavy atom. The molecule has 3 nitrogen and oxygen atoms in total. The fourth-order valence-electron chi connectivity index (χ4n) is 1.79. The van der Waals surface area contributed by atoms with Gasteiger partial charge in [0.05, 0.1) is 0 Å². The van der Waals surface area contributed by atoms with Gasteiger partial charge in [-0.05, 0) is 51.7 Å². The van der Waals surface area contributed by atoms with Crippen LogP contribution in [-0.4, -0.2) is 39.1 Å². The van der Waals surface area contributed by atoms with Gasteiger partial charge in [0.1, 0.15) is 0 Å². The summed E-state index contributed by atoms with van der Waals surface area (Å²) in [5.74, 6) is 0. The fraction of sp³-hybridized carbons (Fsp3) is 0.571. The Kier molecular flexibility index (Phi) is 5.45. The standard InChI is InChI=1S/C14H25N3/c1-12(15)13-6-8-14(9-7-13)17(4)11-5-10-16(2)3/h6-9,12H,5,10-11,15H2,1-4H3/t12-/m0/s1. The number of hydrogen-bond acceptors (Lipinski definition) is 3. The van der Waals surface area contributed by atoms with Crippen LogP contribution in [0.25, 0.3) is 0 Å². The third kappa shape index (κ3) is 4.75. The minimum absolute atomic E-state index is 0.114. The van der Waals surface area contributed by atoms with Gasteiger partial charge in [-0.3, -0.25) is 0 Å². The fourth-order valence-corrected chi connectivity index (χ4v) is 1.79. The second kappa shape index (κ2) is 6.62. The summed E-state index contributed by atoms with van der Waals surface area (Å²) >= 11 is 0. The van der Waals surface area contributed by atoms with E-state index >= 15 is 0 Å². The molecular weight excluding hydrogens is 210 g/mol. The van der Waals surface area contributed by atoms with Gasteiger partial charge in [0.25, 0.3) is 0 Å². The Hall–Kier alpha value is -1.06. The van der Waals surface area contributed by atoms with E-state index in [1.54, 1.807) is 0 Å². The first-order chi connectivity index (χ1) is 8.00. The average Bonchev–Trinajstić information content (AvgIpc) is 2.28. The summed E-state index contributed by atoms with van der Waals surface area (Å²) in [6.45, 7) is 4.22. The smallest absolute Gasteiger partial charge is 0.0363 e. The molecule has 0 bridgehead atoms. The van der Waals surface area contributed by atoms with Gasteiger partial charge in [0.15, 0.2) is 0 Å². The van der Waals surface area contributed by atoms with E-state index < -0.39 is 0 Å². The van der Waals surface area contributed by atoms with E-state index in [0.717, 1.165) is 13.1 Å². The predicted molar refractivity (Wildman–Crippen MR) is 75.5 cm³/mol. The highest BCUT2D eigenvalue weighted by Crippen LogP contribution is 2.17. The molecule has 2 N–H and O–H groups in total. The lowest BCUT2D eigenvalue weighted by molar-refractivity contribution is 0.401. The molecule has 96 valence electrons. The van der Waals surface area contributed by atoms with Crippen LogP contribution in [0, 0.1) is 0 Å². The van der Waals surface area contributed by atoms with Crippen molar-refractivity contribution in [3.8, 4) is 0 Å². The summed E-state index contributed by atoms with van der Waals surface area (Å²) in [6, 6.07) is 8.64. The van der Waals surface area contributed by atoms with Gasteiger partial charge in [-0.1, -0.05) is 12.1 Å². The summed E-state index contributed by atoms with van der Waals surface area (Å²) in [7, 11) is 6.35. The van der Waals surface area contributed by atoms with E-state index in [-0.39, 0.29) is 6.04 Å². The number of nitrogens with two attached hydrogens (primary N) is 1. The van der Waals surface area contributed by atoms with Gasteiger partial charge in [0, 0.05) is 25.3 Å². The molecule has 0 radical (unpaired) electrons. The minimum atomic E-state index is 0.114. The Balaban J connectivity index is 2.48. The lowest BCUT2D eigenvalue weighted by atomic mass is 10.1. The van der Waals surface area contributed by atoms with Gasteiger partial charge in [-0.2, -0.15) is 0 Å². The van der Waals surface area contributed by atoms with Crippen molar-refractivity contribution >= 4 is 5.69 Å². The first-order valence-corrected chi connectivity index (χ1v) is 6.22. The van der Waals surface area contributed by atoms with Crippen LogP contribution in [0.2, 0.25) is 0 Å². The summed E-state index contributed by atoms with van der Waals surface area (Å²) in [5, 5.41) is 0. The molecule has 3 heteroatoms. The number of hydrogen-bond donors (Lipinski definition) is 1. The Morgan fingerprint density at radius 2 is 1.65 bits per heavy atom. The number of anilines is 1. The molecule has 0 unspecified atom stereocenters. The number of rotatable bonds is 6. The van der Waals surface area contributed by atoms with Gasteiger partial charge >= 0.3 is 0 Å². The van der Waals surface area contributed by atoms with Crippen molar-refractivity contribution in [3.63, 3.8) is 0 Å². The van der Waals surface area contributed by atoms with Gasteiger partial charge < -0.3 is 15.5 Å². The molecule has 0 saturated carbocycles. The lowest BCUT2D eigenvalue weighted by Gasteiger charge is -2.21. The maximum atomic E-state index is 5.83. The molecule has 1 aromatic carbocycles. The largest absolute Gasteiger partial charge is 0.375 e. The molecule has 0 amide bonds. The second-order valence-electron chi connectivity index (χ2n) is 4.96. The highest BCUT2D eigenvalue weighted by molar-refractivity contribution is 5.47. The molecule has 1 rings (SSSR count).